The Morgan fingerprint density at radius 1 is 1.04 bits per heavy atom. The van der Waals surface area contributed by atoms with Crippen molar-refractivity contribution in [3.63, 3.8) is 0 Å². The lowest BCUT2D eigenvalue weighted by Crippen LogP contribution is -2.49. The lowest BCUT2D eigenvalue weighted by Gasteiger charge is -2.35. The molecule has 13 heteroatoms. The van der Waals surface area contributed by atoms with Crippen LogP contribution in [0.2, 0.25) is 0 Å². The smallest absolute Gasteiger partial charge is 0.264 e. The summed E-state index contributed by atoms with van der Waals surface area (Å²) in [6.45, 7) is 5.70. The number of aryl methyl sites for hydroxylation is 1. The number of unbranched alkanes of at least 4 members (excludes halogenated alkanes) is 1. The van der Waals surface area contributed by atoms with Gasteiger partial charge in [-0.25, -0.2) is 0 Å². The lowest BCUT2D eigenvalue weighted by atomic mass is 9.83. The number of hydrogen-bond acceptors (Lipinski definition) is 10. The van der Waals surface area contributed by atoms with E-state index in [1.54, 1.807) is 46.0 Å². The Hall–Kier alpha value is -5.08. The van der Waals surface area contributed by atoms with Gasteiger partial charge >= 0.3 is 0 Å². The van der Waals surface area contributed by atoms with Crippen LogP contribution in [0.25, 0.3) is 0 Å². The summed E-state index contributed by atoms with van der Waals surface area (Å²) < 4.78 is 13.0. The Bertz CT molecular complexity index is 1960. The van der Waals surface area contributed by atoms with Gasteiger partial charge in [0.1, 0.15) is 11.5 Å². The van der Waals surface area contributed by atoms with Crippen molar-refractivity contribution in [3.8, 4) is 11.5 Å². The number of amides is 2. The van der Waals surface area contributed by atoms with E-state index in [4.69, 9.17) is 14.6 Å². The summed E-state index contributed by atoms with van der Waals surface area (Å²) >= 11 is 0. The summed E-state index contributed by atoms with van der Waals surface area (Å²) in [6.07, 6.45) is 8.51. The first-order valence-electron chi connectivity index (χ1n) is 18.6. The maximum atomic E-state index is 14.4. The fourth-order valence-corrected chi connectivity index (χ4v) is 7.23. The number of nitrogens with one attached hydrogen (secondary N) is 1. The molecule has 4 aromatic rings. The van der Waals surface area contributed by atoms with E-state index in [9.17, 15) is 19.8 Å². The molecule has 3 heterocycles. The van der Waals surface area contributed by atoms with E-state index in [2.05, 4.69) is 15.6 Å². The van der Waals surface area contributed by atoms with Gasteiger partial charge in [0, 0.05) is 49.5 Å². The summed E-state index contributed by atoms with van der Waals surface area (Å²) in [7, 11) is 1.55. The Balaban J connectivity index is 1.25. The van der Waals surface area contributed by atoms with E-state index >= 15 is 0 Å². The molecule has 0 fully saturated rings. The Labute approximate surface area is 315 Å². The molecule has 2 aliphatic heterocycles. The van der Waals surface area contributed by atoms with E-state index in [1.165, 1.54) is 0 Å². The van der Waals surface area contributed by atoms with Gasteiger partial charge < -0.3 is 35.0 Å². The summed E-state index contributed by atoms with van der Waals surface area (Å²) in [5.74, 6) is 0.138. The highest BCUT2D eigenvalue weighted by molar-refractivity contribution is 6.08. The maximum Gasteiger partial charge on any atom is 0.264 e. The van der Waals surface area contributed by atoms with Gasteiger partial charge in [0.2, 0.25) is 5.91 Å². The fraction of sp³-hybridized carbons (Fsp3) is 0.415. The van der Waals surface area contributed by atoms with Gasteiger partial charge in [0.25, 0.3) is 5.91 Å². The van der Waals surface area contributed by atoms with Crippen molar-refractivity contribution in [3.05, 3.63) is 101 Å². The van der Waals surface area contributed by atoms with Crippen LogP contribution in [0.15, 0.2) is 79.0 Å². The van der Waals surface area contributed by atoms with E-state index in [0.29, 0.717) is 73.8 Å². The van der Waals surface area contributed by atoms with Crippen molar-refractivity contribution in [2.45, 2.75) is 70.7 Å². The molecule has 2 amide bonds. The van der Waals surface area contributed by atoms with Crippen molar-refractivity contribution in [1.82, 2.24) is 20.3 Å². The second kappa shape index (κ2) is 17.4. The largest absolute Gasteiger partial charge is 0.497 e. The molecule has 1 aromatic heterocycles. The molecule has 0 saturated carbocycles. The summed E-state index contributed by atoms with van der Waals surface area (Å²) in [6, 6.07) is 18.2. The first-order chi connectivity index (χ1) is 26.2. The van der Waals surface area contributed by atoms with Gasteiger partial charge in [0.15, 0.2) is 5.60 Å². The summed E-state index contributed by atoms with van der Waals surface area (Å²) in [4.78, 5) is 31.8. The molecule has 286 valence electrons. The zero-order valence-electron chi connectivity index (χ0n) is 31.1. The Morgan fingerprint density at radius 3 is 2.63 bits per heavy atom. The molecule has 0 saturated heterocycles. The number of ether oxygens (including phenoxy) is 2. The number of rotatable bonds is 18. The van der Waals surface area contributed by atoms with Crippen LogP contribution in [0.3, 0.4) is 0 Å². The first-order valence-corrected chi connectivity index (χ1v) is 18.6. The SMILES string of the molecule is CCOc1ccc2c(c1)CC(NCCCCO)C(=O)N2c1cccc(CN2C(=O)[C@](O)([C@H](C)/C=C/CCn3cc(CCO)nn3)c3cc(OC)ccc32)c1. The number of carbonyl (C=O) groups excluding carboxylic acids is 2. The minimum Gasteiger partial charge on any atom is -0.497 e. The number of anilines is 3. The monoisotopic (exact) mass is 738 g/mol. The fourth-order valence-electron chi connectivity index (χ4n) is 7.23. The molecule has 13 nitrogen and oxygen atoms in total. The second-order valence-corrected chi connectivity index (χ2v) is 13.7. The van der Waals surface area contributed by atoms with Crippen molar-refractivity contribution in [2.24, 2.45) is 5.92 Å². The van der Waals surface area contributed by atoms with Crippen LogP contribution in [-0.4, -0.2) is 81.6 Å². The van der Waals surface area contributed by atoms with Crippen LogP contribution >= 0.6 is 0 Å². The molecule has 54 heavy (non-hydrogen) atoms. The van der Waals surface area contributed by atoms with Crippen LogP contribution in [-0.2, 0) is 41.1 Å². The molecular weight excluding hydrogens is 688 g/mol. The number of aliphatic hydroxyl groups excluding tert-OH is 2. The minimum absolute atomic E-state index is 0.00554. The van der Waals surface area contributed by atoms with E-state index in [-0.39, 0.29) is 25.7 Å². The van der Waals surface area contributed by atoms with Gasteiger partial charge in [0.05, 0.1) is 43.4 Å². The average molecular weight is 739 g/mol. The first kappa shape index (κ1) is 38.6. The highest BCUT2D eigenvalue weighted by atomic mass is 16.5. The average Bonchev–Trinajstić information content (AvgIpc) is 3.71. The lowest BCUT2D eigenvalue weighted by molar-refractivity contribution is -0.139. The van der Waals surface area contributed by atoms with Crippen LogP contribution in [0.5, 0.6) is 11.5 Å². The van der Waals surface area contributed by atoms with Crippen molar-refractivity contribution in [2.75, 3.05) is 43.3 Å². The zero-order chi connectivity index (χ0) is 38.2. The predicted molar refractivity (Wildman–Crippen MR) is 205 cm³/mol. The van der Waals surface area contributed by atoms with Gasteiger partial charge in [-0.2, -0.15) is 0 Å². The number of allylic oxidation sites excluding steroid dienone is 1. The third-order valence-electron chi connectivity index (χ3n) is 10.1. The van der Waals surface area contributed by atoms with Gasteiger partial charge in [-0.15, -0.1) is 5.10 Å². The van der Waals surface area contributed by atoms with Crippen molar-refractivity contribution >= 4 is 28.9 Å². The molecule has 0 bridgehead atoms. The molecule has 3 aromatic carbocycles. The van der Waals surface area contributed by atoms with Crippen molar-refractivity contribution in [1.29, 1.82) is 0 Å². The third kappa shape index (κ3) is 8.04. The molecular formula is C41H50N6O7. The number of methoxy groups -OCH3 is 1. The van der Waals surface area contributed by atoms with Crippen LogP contribution in [0.1, 0.15) is 55.5 Å². The van der Waals surface area contributed by atoms with Crippen LogP contribution in [0.4, 0.5) is 17.1 Å². The summed E-state index contributed by atoms with van der Waals surface area (Å²) in [5.41, 5.74) is 3.10. The topological polar surface area (TPSA) is 163 Å². The molecule has 1 unspecified atom stereocenters. The number of hydrogen-bond donors (Lipinski definition) is 4. The number of nitrogens with zero attached hydrogens (tertiary/aromatic N) is 5. The number of fused-ring (bicyclic) bond motifs is 2. The van der Waals surface area contributed by atoms with Crippen LogP contribution < -0.4 is 24.6 Å². The second-order valence-electron chi connectivity index (χ2n) is 13.7. The number of benzene rings is 3. The molecule has 0 aliphatic carbocycles. The summed E-state index contributed by atoms with van der Waals surface area (Å²) in [5, 5.41) is 42.2. The highest BCUT2D eigenvalue weighted by Gasteiger charge is 2.52. The molecule has 2 aliphatic rings. The van der Waals surface area contributed by atoms with E-state index < -0.39 is 23.5 Å². The van der Waals surface area contributed by atoms with Gasteiger partial charge in [-0.3, -0.25) is 19.2 Å². The maximum absolute atomic E-state index is 14.4. The number of aromatic nitrogens is 3. The van der Waals surface area contributed by atoms with E-state index in [0.717, 1.165) is 29.0 Å². The number of aliphatic hydroxyl groups is 3. The van der Waals surface area contributed by atoms with E-state index in [1.807, 2.05) is 68.5 Å². The normalized spacial score (nSPS) is 18.7. The van der Waals surface area contributed by atoms with Gasteiger partial charge in [-0.1, -0.05) is 36.4 Å². The molecule has 0 spiro atoms. The number of carbonyl (C=O) groups is 2. The molecule has 3 atom stereocenters. The van der Waals surface area contributed by atoms with Crippen molar-refractivity contribution < 1.29 is 34.4 Å². The Morgan fingerprint density at radius 2 is 1.85 bits per heavy atom. The van der Waals surface area contributed by atoms with Crippen LogP contribution in [0, 0.1) is 5.92 Å². The molecule has 6 rings (SSSR count). The third-order valence-corrected chi connectivity index (χ3v) is 10.1. The standard InChI is InChI=1S/C41H50N6O7/c1-4-54-34-14-15-37-30(23-34)24-36(42-18-6-8-20-48)39(50)47(37)32-12-9-11-29(22-32)26-46-38-16-13-33(53-3)25-35(38)41(52,40(46)51)28(2)10-5-7-19-45-27-31(17-21-49)43-44-45/h5,9-16,22-23,25,27-28,36,42,48-49,52H,4,6-8,17-21,24,26H2,1-3H3/b10-5+/t28-,36?,41+/m1/s1. The highest BCUT2D eigenvalue weighted by Crippen LogP contribution is 2.47. The Kier molecular flexibility index (Phi) is 12.4. The predicted octanol–water partition coefficient (Wildman–Crippen LogP) is 4.19. The van der Waals surface area contributed by atoms with Gasteiger partial charge in [-0.05, 0) is 98.8 Å². The minimum atomic E-state index is -1.85. The molecule has 0 radical (unpaired) electrons. The molecule has 4 N–H and O–H groups in total. The quantitative estimate of drug-likeness (QED) is 0.0861. The zero-order valence-corrected chi connectivity index (χ0v) is 31.1.